The Morgan fingerprint density at radius 1 is 1.37 bits per heavy atom. The molecule has 112 valence electrons. The van der Waals surface area contributed by atoms with Crippen molar-refractivity contribution in [2.75, 3.05) is 40.0 Å². The lowest BCUT2D eigenvalue weighted by Crippen LogP contribution is -2.49. The lowest BCUT2D eigenvalue weighted by atomic mass is 9.85. The summed E-state index contributed by atoms with van der Waals surface area (Å²) in [6.45, 7) is 11.5. The molecule has 0 bridgehead atoms. The van der Waals surface area contributed by atoms with Crippen LogP contribution < -0.4 is 5.32 Å². The predicted molar refractivity (Wildman–Crippen MR) is 77.5 cm³/mol. The van der Waals surface area contributed by atoms with E-state index in [1.807, 2.05) is 0 Å². The molecular formula is C15H30N2O2. The van der Waals surface area contributed by atoms with Gasteiger partial charge in [-0.1, -0.05) is 13.8 Å². The Balaban J connectivity index is 1.92. The molecule has 0 amide bonds. The highest BCUT2D eigenvalue weighted by molar-refractivity contribution is 4.91. The quantitative estimate of drug-likeness (QED) is 0.793. The first kappa shape index (κ1) is 15.2. The molecule has 2 fully saturated rings. The van der Waals surface area contributed by atoms with Crippen molar-refractivity contribution in [1.29, 1.82) is 0 Å². The summed E-state index contributed by atoms with van der Waals surface area (Å²) in [5, 5.41) is 3.60. The standard InChI is InChI=1S/C15H30N2O2/c1-12(2)16-9-15(6-8-18-11-15)10-17(4)14-5-7-19-13(14)3/h12-14,16H,5-11H2,1-4H3. The smallest absolute Gasteiger partial charge is 0.0702 e. The Hall–Kier alpha value is -0.160. The normalized spacial score (nSPS) is 35.7. The van der Waals surface area contributed by atoms with Crippen molar-refractivity contribution in [3.05, 3.63) is 0 Å². The largest absolute Gasteiger partial charge is 0.381 e. The summed E-state index contributed by atoms with van der Waals surface area (Å²) in [7, 11) is 2.24. The molecular weight excluding hydrogens is 240 g/mol. The average Bonchev–Trinajstić information content (AvgIpc) is 2.96. The van der Waals surface area contributed by atoms with Gasteiger partial charge in [0.2, 0.25) is 0 Å². The topological polar surface area (TPSA) is 33.7 Å². The van der Waals surface area contributed by atoms with E-state index >= 15 is 0 Å². The molecule has 0 spiro atoms. The first-order chi connectivity index (χ1) is 9.02. The molecule has 3 atom stereocenters. The maximum absolute atomic E-state index is 5.69. The number of rotatable bonds is 6. The van der Waals surface area contributed by atoms with Crippen molar-refractivity contribution < 1.29 is 9.47 Å². The van der Waals surface area contributed by atoms with Crippen LogP contribution in [0.2, 0.25) is 0 Å². The van der Waals surface area contributed by atoms with Crippen molar-refractivity contribution in [2.24, 2.45) is 5.41 Å². The van der Waals surface area contributed by atoms with E-state index in [-0.39, 0.29) is 5.41 Å². The van der Waals surface area contributed by atoms with Gasteiger partial charge in [-0.15, -0.1) is 0 Å². The SMILES string of the molecule is CC(C)NCC1(CN(C)C2CCOC2C)CCOC1. The highest BCUT2D eigenvalue weighted by Gasteiger charge is 2.39. The molecule has 0 aromatic carbocycles. The molecule has 0 saturated carbocycles. The number of likely N-dealkylation sites (N-methyl/N-ethyl adjacent to an activating group) is 1. The maximum Gasteiger partial charge on any atom is 0.0702 e. The zero-order valence-corrected chi connectivity index (χ0v) is 12.9. The molecule has 0 radical (unpaired) electrons. The summed E-state index contributed by atoms with van der Waals surface area (Å²) >= 11 is 0. The molecule has 2 aliphatic rings. The van der Waals surface area contributed by atoms with Gasteiger partial charge in [0.05, 0.1) is 12.7 Å². The van der Waals surface area contributed by atoms with Gasteiger partial charge >= 0.3 is 0 Å². The fourth-order valence-electron chi connectivity index (χ4n) is 3.34. The van der Waals surface area contributed by atoms with E-state index in [0.29, 0.717) is 18.2 Å². The van der Waals surface area contributed by atoms with Gasteiger partial charge in [-0.25, -0.2) is 0 Å². The minimum atomic E-state index is 0.279. The number of nitrogens with zero attached hydrogens (tertiary/aromatic N) is 1. The van der Waals surface area contributed by atoms with Gasteiger partial charge in [0.15, 0.2) is 0 Å². The lowest BCUT2D eigenvalue weighted by Gasteiger charge is -2.36. The average molecular weight is 270 g/mol. The highest BCUT2D eigenvalue weighted by Crippen LogP contribution is 2.31. The van der Waals surface area contributed by atoms with Crippen molar-refractivity contribution in [1.82, 2.24) is 10.2 Å². The summed E-state index contributed by atoms with van der Waals surface area (Å²) in [5.41, 5.74) is 0.279. The van der Waals surface area contributed by atoms with Crippen LogP contribution in [0.25, 0.3) is 0 Å². The summed E-state index contributed by atoms with van der Waals surface area (Å²) in [4.78, 5) is 2.49. The second-order valence-electron chi connectivity index (χ2n) is 6.69. The van der Waals surface area contributed by atoms with Gasteiger partial charge in [0.25, 0.3) is 0 Å². The van der Waals surface area contributed by atoms with Gasteiger partial charge in [0, 0.05) is 43.8 Å². The first-order valence-electron chi connectivity index (χ1n) is 7.65. The second kappa shape index (κ2) is 6.53. The molecule has 0 aromatic heterocycles. The van der Waals surface area contributed by atoms with Crippen LogP contribution in [0.1, 0.15) is 33.6 Å². The molecule has 4 heteroatoms. The fourth-order valence-corrected chi connectivity index (χ4v) is 3.34. The molecule has 1 N–H and O–H groups in total. The van der Waals surface area contributed by atoms with Crippen molar-refractivity contribution in [2.45, 2.75) is 51.8 Å². The molecule has 4 nitrogen and oxygen atoms in total. The van der Waals surface area contributed by atoms with E-state index in [2.05, 4.69) is 38.0 Å². The molecule has 0 aromatic rings. The van der Waals surface area contributed by atoms with Crippen LogP contribution in [-0.2, 0) is 9.47 Å². The first-order valence-corrected chi connectivity index (χ1v) is 7.65. The van der Waals surface area contributed by atoms with E-state index < -0.39 is 0 Å². The summed E-state index contributed by atoms with van der Waals surface area (Å²) < 4.78 is 11.4. The van der Waals surface area contributed by atoms with Crippen molar-refractivity contribution in [3.63, 3.8) is 0 Å². The Kier molecular flexibility index (Phi) is 5.23. The summed E-state index contributed by atoms with van der Waals surface area (Å²) in [6.07, 6.45) is 2.69. The van der Waals surface area contributed by atoms with Crippen LogP contribution in [0.4, 0.5) is 0 Å². The van der Waals surface area contributed by atoms with Gasteiger partial charge in [-0.2, -0.15) is 0 Å². The van der Waals surface area contributed by atoms with Crippen LogP contribution in [0.3, 0.4) is 0 Å². The summed E-state index contributed by atoms with van der Waals surface area (Å²) in [6, 6.07) is 1.10. The molecule has 2 heterocycles. The van der Waals surface area contributed by atoms with Gasteiger partial charge in [-0.3, -0.25) is 0 Å². The number of hydrogen-bond donors (Lipinski definition) is 1. The number of nitrogens with one attached hydrogen (secondary N) is 1. The van der Waals surface area contributed by atoms with Crippen molar-refractivity contribution in [3.8, 4) is 0 Å². The van der Waals surface area contributed by atoms with Crippen molar-refractivity contribution >= 4 is 0 Å². The summed E-state index contributed by atoms with van der Waals surface area (Å²) in [5.74, 6) is 0. The molecule has 3 unspecified atom stereocenters. The Morgan fingerprint density at radius 3 is 2.68 bits per heavy atom. The van der Waals surface area contributed by atoms with Crippen LogP contribution in [0, 0.1) is 5.41 Å². The van der Waals surface area contributed by atoms with Gasteiger partial charge < -0.3 is 19.7 Å². The minimum absolute atomic E-state index is 0.279. The van der Waals surface area contributed by atoms with E-state index in [1.165, 1.54) is 6.42 Å². The lowest BCUT2D eigenvalue weighted by molar-refractivity contribution is 0.0563. The predicted octanol–water partition coefficient (Wildman–Crippen LogP) is 1.50. The van der Waals surface area contributed by atoms with Gasteiger partial charge in [-0.05, 0) is 26.8 Å². The Morgan fingerprint density at radius 2 is 2.16 bits per heavy atom. The minimum Gasteiger partial charge on any atom is -0.381 e. The number of hydrogen-bond acceptors (Lipinski definition) is 4. The van der Waals surface area contributed by atoms with Crippen LogP contribution in [0.5, 0.6) is 0 Å². The van der Waals surface area contributed by atoms with E-state index in [9.17, 15) is 0 Å². The molecule has 19 heavy (non-hydrogen) atoms. The zero-order chi connectivity index (χ0) is 13.9. The molecule has 2 saturated heterocycles. The van der Waals surface area contributed by atoms with E-state index in [4.69, 9.17) is 9.47 Å². The van der Waals surface area contributed by atoms with Gasteiger partial charge in [0.1, 0.15) is 0 Å². The third-order valence-electron chi connectivity index (χ3n) is 4.56. The van der Waals surface area contributed by atoms with E-state index in [1.54, 1.807) is 0 Å². The Bertz CT molecular complexity index is 277. The number of ether oxygens (including phenoxy) is 2. The Labute approximate surface area is 117 Å². The van der Waals surface area contributed by atoms with Crippen LogP contribution in [0.15, 0.2) is 0 Å². The van der Waals surface area contributed by atoms with Crippen LogP contribution in [-0.4, -0.2) is 63.0 Å². The molecule has 0 aliphatic carbocycles. The van der Waals surface area contributed by atoms with E-state index in [0.717, 1.165) is 39.3 Å². The second-order valence-corrected chi connectivity index (χ2v) is 6.69. The fraction of sp³-hybridized carbons (Fsp3) is 1.00. The third-order valence-corrected chi connectivity index (χ3v) is 4.56. The maximum atomic E-state index is 5.69. The van der Waals surface area contributed by atoms with Crippen LogP contribution >= 0.6 is 0 Å². The zero-order valence-electron chi connectivity index (χ0n) is 12.9. The highest BCUT2D eigenvalue weighted by atomic mass is 16.5. The molecule has 2 rings (SSSR count). The molecule has 2 aliphatic heterocycles. The third kappa shape index (κ3) is 3.91. The monoisotopic (exact) mass is 270 g/mol.